The molecule has 1 fully saturated rings. The predicted molar refractivity (Wildman–Crippen MR) is 109 cm³/mol. The zero-order chi connectivity index (χ0) is 18.9. The molecule has 0 saturated carbocycles. The van der Waals surface area contributed by atoms with Crippen molar-refractivity contribution in [3.05, 3.63) is 60.2 Å². The van der Waals surface area contributed by atoms with Gasteiger partial charge in [-0.25, -0.2) is 0 Å². The molecule has 0 aliphatic carbocycles. The first kappa shape index (κ1) is 19.0. The van der Waals surface area contributed by atoms with Crippen LogP contribution in [0.2, 0.25) is 0 Å². The van der Waals surface area contributed by atoms with E-state index in [0.717, 1.165) is 49.3 Å². The Morgan fingerprint density at radius 3 is 2.41 bits per heavy atom. The van der Waals surface area contributed by atoms with Gasteiger partial charge in [-0.15, -0.1) is 0 Å². The molecule has 2 N–H and O–H groups in total. The normalized spacial score (nSPS) is 13.9. The number of hydrogen-bond acceptors (Lipinski definition) is 3. The van der Waals surface area contributed by atoms with Gasteiger partial charge in [0.05, 0.1) is 6.54 Å². The van der Waals surface area contributed by atoms with Crippen molar-refractivity contribution in [3.8, 4) is 0 Å². The molecule has 0 spiro atoms. The van der Waals surface area contributed by atoms with Gasteiger partial charge in [-0.05, 0) is 49.4 Å². The number of piperidine rings is 1. The molecule has 1 saturated heterocycles. The van der Waals surface area contributed by atoms with Gasteiger partial charge >= 0.3 is 0 Å². The van der Waals surface area contributed by atoms with Crippen LogP contribution in [0.25, 0.3) is 0 Å². The van der Waals surface area contributed by atoms with Crippen LogP contribution >= 0.6 is 0 Å². The number of benzene rings is 2. The molecule has 0 atom stereocenters. The van der Waals surface area contributed by atoms with Crippen LogP contribution in [0.5, 0.6) is 0 Å². The number of nitrogens with zero attached hydrogens (tertiary/aromatic N) is 1. The Morgan fingerprint density at radius 2 is 1.63 bits per heavy atom. The molecular formula is C22H27N3O2. The predicted octanol–water partition coefficient (Wildman–Crippen LogP) is 3.68. The van der Waals surface area contributed by atoms with Crippen LogP contribution < -0.4 is 10.6 Å². The first-order valence-corrected chi connectivity index (χ1v) is 9.66. The van der Waals surface area contributed by atoms with Crippen molar-refractivity contribution in [2.45, 2.75) is 32.1 Å². The highest BCUT2D eigenvalue weighted by atomic mass is 16.2. The lowest BCUT2D eigenvalue weighted by Gasteiger charge is -2.26. The first-order chi connectivity index (χ1) is 13.2. The smallest absolute Gasteiger partial charge is 0.241 e. The van der Waals surface area contributed by atoms with Gasteiger partial charge in [-0.1, -0.05) is 36.4 Å². The third kappa shape index (κ3) is 6.13. The molecule has 3 rings (SSSR count). The van der Waals surface area contributed by atoms with E-state index in [1.165, 1.54) is 6.42 Å². The molecule has 0 radical (unpaired) electrons. The molecule has 1 heterocycles. The fourth-order valence-electron chi connectivity index (χ4n) is 3.27. The lowest BCUT2D eigenvalue weighted by molar-refractivity contribution is -0.130. The standard InChI is InChI=1S/C22H27N3O2/c26-21(13-12-18-8-3-1-4-9-18)24-20-11-7-10-19(16-20)23-17-22(27)25-14-5-2-6-15-25/h1,3-4,7-11,16,23H,2,5-6,12-15,17H2,(H,24,26). The molecule has 0 bridgehead atoms. The Hall–Kier alpha value is -2.82. The van der Waals surface area contributed by atoms with Crippen molar-refractivity contribution in [1.29, 1.82) is 0 Å². The van der Waals surface area contributed by atoms with E-state index in [0.29, 0.717) is 6.42 Å². The van der Waals surface area contributed by atoms with Gasteiger partial charge in [-0.2, -0.15) is 0 Å². The molecule has 0 aromatic heterocycles. The Labute approximate surface area is 160 Å². The van der Waals surface area contributed by atoms with E-state index in [1.54, 1.807) is 0 Å². The van der Waals surface area contributed by atoms with E-state index in [2.05, 4.69) is 10.6 Å². The second kappa shape index (κ2) is 9.76. The monoisotopic (exact) mass is 365 g/mol. The number of rotatable bonds is 7. The van der Waals surface area contributed by atoms with Crippen LogP contribution in [0.1, 0.15) is 31.2 Å². The minimum absolute atomic E-state index is 0.0135. The van der Waals surface area contributed by atoms with Gasteiger partial charge in [0.15, 0.2) is 0 Å². The zero-order valence-electron chi connectivity index (χ0n) is 15.6. The van der Waals surface area contributed by atoms with Crippen LogP contribution in [0.4, 0.5) is 11.4 Å². The van der Waals surface area contributed by atoms with Crippen molar-refractivity contribution < 1.29 is 9.59 Å². The summed E-state index contributed by atoms with van der Waals surface area (Å²) in [6, 6.07) is 17.5. The molecule has 0 unspecified atom stereocenters. The molecular weight excluding hydrogens is 338 g/mol. The number of anilines is 2. The number of aryl methyl sites for hydroxylation is 1. The highest BCUT2D eigenvalue weighted by molar-refractivity contribution is 5.91. The zero-order valence-corrected chi connectivity index (χ0v) is 15.6. The number of nitrogens with one attached hydrogen (secondary N) is 2. The van der Waals surface area contributed by atoms with Crippen LogP contribution in [-0.4, -0.2) is 36.3 Å². The Kier molecular flexibility index (Phi) is 6.85. The molecule has 142 valence electrons. The molecule has 1 aliphatic rings. The molecule has 5 nitrogen and oxygen atoms in total. The van der Waals surface area contributed by atoms with Gasteiger partial charge in [0.25, 0.3) is 0 Å². The summed E-state index contributed by atoms with van der Waals surface area (Å²) in [5.74, 6) is 0.118. The summed E-state index contributed by atoms with van der Waals surface area (Å²) in [4.78, 5) is 26.3. The maximum Gasteiger partial charge on any atom is 0.241 e. The second-order valence-electron chi connectivity index (χ2n) is 6.91. The van der Waals surface area contributed by atoms with Crippen LogP contribution in [0.15, 0.2) is 54.6 Å². The van der Waals surface area contributed by atoms with Gasteiger partial charge in [0.1, 0.15) is 0 Å². The summed E-state index contributed by atoms with van der Waals surface area (Å²) in [5.41, 5.74) is 2.73. The van der Waals surface area contributed by atoms with E-state index in [4.69, 9.17) is 0 Å². The largest absolute Gasteiger partial charge is 0.376 e. The molecule has 2 amide bonds. The number of amides is 2. The average Bonchev–Trinajstić information content (AvgIpc) is 2.72. The molecule has 5 heteroatoms. The summed E-state index contributed by atoms with van der Waals surface area (Å²) in [6.07, 6.45) is 4.56. The van der Waals surface area contributed by atoms with Crippen molar-refractivity contribution in [2.24, 2.45) is 0 Å². The quantitative estimate of drug-likeness (QED) is 0.787. The molecule has 27 heavy (non-hydrogen) atoms. The number of carbonyl (C=O) groups excluding carboxylic acids is 2. The molecule has 1 aliphatic heterocycles. The fourth-order valence-corrected chi connectivity index (χ4v) is 3.27. The molecule has 2 aromatic carbocycles. The van der Waals surface area contributed by atoms with Crippen LogP contribution in [0, 0.1) is 0 Å². The van der Waals surface area contributed by atoms with Crippen molar-refractivity contribution >= 4 is 23.2 Å². The summed E-state index contributed by atoms with van der Waals surface area (Å²) in [7, 11) is 0. The lowest BCUT2D eigenvalue weighted by atomic mass is 10.1. The third-order valence-corrected chi connectivity index (χ3v) is 4.78. The summed E-state index contributed by atoms with van der Waals surface area (Å²) >= 11 is 0. The Morgan fingerprint density at radius 1 is 0.889 bits per heavy atom. The summed E-state index contributed by atoms with van der Waals surface area (Å²) in [5, 5.41) is 6.10. The molecule has 2 aromatic rings. The maximum absolute atomic E-state index is 12.2. The second-order valence-corrected chi connectivity index (χ2v) is 6.91. The van der Waals surface area contributed by atoms with Crippen molar-refractivity contribution in [1.82, 2.24) is 4.90 Å². The van der Waals surface area contributed by atoms with E-state index in [1.807, 2.05) is 59.5 Å². The summed E-state index contributed by atoms with van der Waals surface area (Å²) in [6.45, 7) is 2.00. The van der Waals surface area contributed by atoms with Gasteiger partial charge in [0, 0.05) is 30.9 Å². The van der Waals surface area contributed by atoms with E-state index in [9.17, 15) is 9.59 Å². The van der Waals surface area contributed by atoms with Crippen LogP contribution in [0.3, 0.4) is 0 Å². The number of hydrogen-bond donors (Lipinski definition) is 2. The Bertz CT molecular complexity index is 755. The van der Waals surface area contributed by atoms with E-state index >= 15 is 0 Å². The summed E-state index contributed by atoms with van der Waals surface area (Å²) < 4.78 is 0. The SMILES string of the molecule is O=C(CCc1ccccc1)Nc1cccc(NCC(=O)N2CCCCC2)c1. The highest BCUT2D eigenvalue weighted by Crippen LogP contribution is 2.16. The highest BCUT2D eigenvalue weighted by Gasteiger charge is 2.15. The van der Waals surface area contributed by atoms with Crippen molar-refractivity contribution in [3.63, 3.8) is 0 Å². The van der Waals surface area contributed by atoms with Gasteiger partial charge in [0.2, 0.25) is 11.8 Å². The number of likely N-dealkylation sites (tertiary alicyclic amines) is 1. The van der Waals surface area contributed by atoms with Gasteiger partial charge < -0.3 is 15.5 Å². The average molecular weight is 365 g/mol. The minimum atomic E-state index is -0.0135. The topological polar surface area (TPSA) is 61.4 Å². The van der Waals surface area contributed by atoms with Crippen molar-refractivity contribution in [2.75, 3.05) is 30.3 Å². The Balaban J connectivity index is 1.46. The third-order valence-electron chi connectivity index (χ3n) is 4.78. The van der Waals surface area contributed by atoms with Gasteiger partial charge in [-0.3, -0.25) is 9.59 Å². The van der Waals surface area contributed by atoms with E-state index in [-0.39, 0.29) is 18.4 Å². The lowest BCUT2D eigenvalue weighted by Crippen LogP contribution is -2.39. The maximum atomic E-state index is 12.2. The van der Waals surface area contributed by atoms with E-state index < -0.39 is 0 Å². The fraction of sp³-hybridized carbons (Fsp3) is 0.364. The van der Waals surface area contributed by atoms with Crippen LogP contribution in [-0.2, 0) is 16.0 Å². The minimum Gasteiger partial charge on any atom is -0.376 e. The first-order valence-electron chi connectivity index (χ1n) is 9.66. The number of carbonyl (C=O) groups is 2.